The van der Waals surface area contributed by atoms with Gasteiger partial charge in [-0.3, -0.25) is 9.88 Å². The summed E-state index contributed by atoms with van der Waals surface area (Å²) in [5, 5.41) is 11.6. The number of rotatable bonds is 5. The van der Waals surface area contributed by atoms with Crippen LogP contribution in [-0.2, 0) is 4.79 Å². The van der Waals surface area contributed by atoms with Crippen LogP contribution in [0.1, 0.15) is 20.3 Å². The summed E-state index contributed by atoms with van der Waals surface area (Å²) >= 11 is 0. The van der Waals surface area contributed by atoms with E-state index in [1.807, 2.05) is 13.8 Å². The van der Waals surface area contributed by atoms with Gasteiger partial charge in [0.15, 0.2) is 0 Å². The third-order valence-electron chi connectivity index (χ3n) is 2.64. The average molecular weight is 265 g/mol. The first kappa shape index (κ1) is 14.9. The minimum atomic E-state index is -1.03. The van der Waals surface area contributed by atoms with Crippen molar-refractivity contribution in [3.63, 3.8) is 0 Å². The molecule has 2 N–H and O–H groups in total. The molecule has 0 aliphatic carbocycles. The second-order valence-corrected chi connectivity index (χ2v) is 4.74. The minimum absolute atomic E-state index is 0.185. The van der Waals surface area contributed by atoms with Gasteiger partial charge in [-0.2, -0.15) is 0 Å². The molecule has 0 spiro atoms. The molecule has 1 rings (SSSR count). The number of urea groups is 1. The summed E-state index contributed by atoms with van der Waals surface area (Å²) in [5.74, 6) is -0.841. The first-order valence-corrected chi connectivity index (χ1v) is 6.09. The Labute approximate surface area is 112 Å². The van der Waals surface area contributed by atoms with Crippen molar-refractivity contribution in [3.8, 4) is 0 Å². The number of hydrogen-bond donors (Lipinski definition) is 2. The summed E-state index contributed by atoms with van der Waals surface area (Å²) in [6, 6.07) is 2.10. The van der Waals surface area contributed by atoms with Crippen LogP contribution in [0.3, 0.4) is 0 Å². The number of pyridine rings is 1. The first-order chi connectivity index (χ1) is 8.91. The molecule has 0 aromatic carbocycles. The molecular formula is C13H19N3O3. The van der Waals surface area contributed by atoms with Crippen LogP contribution in [0, 0.1) is 5.92 Å². The standard InChI is InChI=1S/C13H19N3O3/c1-9(2)7-11(12(17)18)15-13(19)16(3)10-5-4-6-14-8-10/h4-6,8-9,11H,7H2,1-3H3,(H,15,19)(H,17,18)/t11-/m1/s1. The molecule has 0 saturated heterocycles. The predicted molar refractivity (Wildman–Crippen MR) is 72.1 cm³/mol. The second-order valence-electron chi connectivity index (χ2n) is 4.74. The van der Waals surface area contributed by atoms with Crippen molar-refractivity contribution in [2.45, 2.75) is 26.3 Å². The van der Waals surface area contributed by atoms with Gasteiger partial charge in [-0.25, -0.2) is 9.59 Å². The van der Waals surface area contributed by atoms with Gasteiger partial charge in [0.2, 0.25) is 0 Å². The number of nitrogens with one attached hydrogen (secondary N) is 1. The van der Waals surface area contributed by atoms with Crippen molar-refractivity contribution >= 4 is 17.7 Å². The summed E-state index contributed by atoms with van der Waals surface area (Å²) in [5.41, 5.74) is 0.605. The van der Waals surface area contributed by atoms with Crippen LogP contribution in [-0.4, -0.2) is 35.2 Å². The van der Waals surface area contributed by atoms with Crippen molar-refractivity contribution < 1.29 is 14.7 Å². The van der Waals surface area contributed by atoms with Gasteiger partial charge < -0.3 is 10.4 Å². The highest BCUT2D eigenvalue weighted by Gasteiger charge is 2.23. The summed E-state index contributed by atoms with van der Waals surface area (Å²) in [7, 11) is 1.57. The van der Waals surface area contributed by atoms with Crippen LogP contribution in [0.4, 0.5) is 10.5 Å². The maximum Gasteiger partial charge on any atom is 0.326 e. The quantitative estimate of drug-likeness (QED) is 0.849. The molecule has 1 aromatic heterocycles. The van der Waals surface area contributed by atoms with E-state index in [4.69, 9.17) is 5.11 Å². The SMILES string of the molecule is CC(C)C[C@@H](NC(=O)N(C)c1cccnc1)C(=O)O. The number of aliphatic carboxylic acids is 1. The molecule has 1 aromatic rings. The highest BCUT2D eigenvalue weighted by Crippen LogP contribution is 2.11. The molecule has 2 amide bonds. The van der Waals surface area contributed by atoms with E-state index in [9.17, 15) is 9.59 Å². The molecule has 0 bridgehead atoms. The lowest BCUT2D eigenvalue weighted by Gasteiger charge is -2.22. The number of nitrogens with zero attached hydrogens (tertiary/aromatic N) is 2. The highest BCUT2D eigenvalue weighted by atomic mass is 16.4. The third kappa shape index (κ3) is 4.57. The number of aromatic nitrogens is 1. The van der Waals surface area contributed by atoms with Crippen LogP contribution in [0.25, 0.3) is 0 Å². The summed E-state index contributed by atoms with van der Waals surface area (Å²) in [4.78, 5) is 28.3. The Morgan fingerprint density at radius 3 is 2.63 bits per heavy atom. The van der Waals surface area contributed by atoms with Crippen molar-refractivity contribution in [1.29, 1.82) is 0 Å². The van der Waals surface area contributed by atoms with E-state index in [1.165, 1.54) is 11.1 Å². The van der Waals surface area contributed by atoms with Crippen molar-refractivity contribution in [3.05, 3.63) is 24.5 Å². The molecule has 0 fully saturated rings. The van der Waals surface area contributed by atoms with Crippen molar-refractivity contribution in [2.75, 3.05) is 11.9 Å². The van der Waals surface area contributed by atoms with E-state index < -0.39 is 18.0 Å². The number of carboxylic acid groups (broad SMARTS) is 1. The van der Waals surface area contributed by atoms with Gasteiger partial charge in [-0.1, -0.05) is 13.8 Å². The number of anilines is 1. The lowest BCUT2D eigenvalue weighted by atomic mass is 10.0. The predicted octanol–water partition coefficient (Wildman–Crippen LogP) is 1.73. The Morgan fingerprint density at radius 2 is 2.16 bits per heavy atom. The largest absolute Gasteiger partial charge is 0.480 e. The zero-order chi connectivity index (χ0) is 14.4. The van der Waals surface area contributed by atoms with Crippen LogP contribution in [0.5, 0.6) is 0 Å². The number of carboxylic acids is 1. The number of carbonyl (C=O) groups excluding carboxylic acids is 1. The first-order valence-electron chi connectivity index (χ1n) is 6.09. The minimum Gasteiger partial charge on any atom is -0.480 e. The van der Waals surface area contributed by atoms with Crippen LogP contribution in [0.15, 0.2) is 24.5 Å². The molecule has 0 aliphatic heterocycles. The zero-order valence-corrected chi connectivity index (χ0v) is 11.3. The molecule has 0 saturated carbocycles. The molecule has 1 atom stereocenters. The summed E-state index contributed by atoms with van der Waals surface area (Å²) in [6.45, 7) is 3.82. The van der Waals surface area contributed by atoms with Crippen molar-refractivity contribution in [1.82, 2.24) is 10.3 Å². The molecular weight excluding hydrogens is 246 g/mol. The molecule has 104 valence electrons. The maximum atomic E-state index is 12.0. The molecule has 6 heteroatoms. The fourth-order valence-corrected chi connectivity index (χ4v) is 1.61. The molecule has 19 heavy (non-hydrogen) atoms. The zero-order valence-electron chi connectivity index (χ0n) is 11.3. The lowest BCUT2D eigenvalue weighted by molar-refractivity contribution is -0.139. The van der Waals surface area contributed by atoms with E-state index in [2.05, 4.69) is 10.3 Å². The second kappa shape index (κ2) is 6.72. The number of carbonyl (C=O) groups is 2. The van der Waals surface area contributed by atoms with Gasteiger partial charge in [0.05, 0.1) is 11.9 Å². The maximum absolute atomic E-state index is 12.0. The van der Waals surface area contributed by atoms with E-state index in [0.29, 0.717) is 12.1 Å². The van der Waals surface area contributed by atoms with Crippen LogP contribution >= 0.6 is 0 Å². The Bertz CT molecular complexity index is 434. The molecule has 1 heterocycles. The van der Waals surface area contributed by atoms with E-state index in [1.54, 1.807) is 25.4 Å². The van der Waals surface area contributed by atoms with Crippen molar-refractivity contribution in [2.24, 2.45) is 5.92 Å². The smallest absolute Gasteiger partial charge is 0.326 e. The summed E-state index contributed by atoms with van der Waals surface area (Å²) in [6.07, 6.45) is 3.54. The van der Waals surface area contributed by atoms with Crippen LogP contribution in [0.2, 0.25) is 0 Å². The fraction of sp³-hybridized carbons (Fsp3) is 0.462. The van der Waals surface area contributed by atoms with E-state index in [-0.39, 0.29) is 5.92 Å². The average Bonchev–Trinajstić information content (AvgIpc) is 2.37. The van der Waals surface area contributed by atoms with Gasteiger partial charge >= 0.3 is 12.0 Å². The molecule has 0 radical (unpaired) electrons. The van der Waals surface area contributed by atoms with E-state index >= 15 is 0 Å². The van der Waals surface area contributed by atoms with Gasteiger partial charge in [0.25, 0.3) is 0 Å². The highest BCUT2D eigenvalue weighted by molar-refractivity contribution is 5.93. The Kier molecular flexibility index (Phi) is 5.29. The van der Waals surface area contributed by atoms with Gasteiger partial charge in [0, 0.05) is 13.2 Å². The normalized spacial score (nSPS) is 12.0. The van der Waals surface area contributed by atoms with Gasteiger partial charge in [-0.15, -0.1) is 0 Å². The van der Waals surface area contributed by atoms with E-state index in [0.717, 1.165) is 0 Å². The number of amides is 2. The Hall–Kier alpha value is -2.11. The Balaban J connectivity index is 2.69. The topological polar surface area (TPSA) is 82.5 Å². The number of hydrogen-bond acceptors (Lipinski definition) is 3. The molecule has 0 aliphatic rings. The summed E-state index contributed by atoms with van der Waals surface area (Å²) < 4.78 is 0. The Morgan fingerprint density at radius 1 is 1.47 bits per heavy atom. The van der Waals surface area contributed by atoms with Gasteiger partial charge in [0.1, 0.15) is 6.04 Å². The van der Waals surface area contributed by atoms with Gasteiger partial charge in [-0.05, 0) is 24.5 Å². The molecule has 6 nitrogen and oxygen atoms in total. The third-order valence-corrected chi connectivity index (χ3v) is 2.64. The lowest BCUT2D eigenvalue weighted by Crippen LogP contribution is -2.47. The fourth-order valence-electron chi connectivity index (χ4n) is 1.61. The monoisotopic (exact) mass is 265 g/mol. The van der Waals surface area contributed by atoms with Crippen LogP contribution < -0.4 is 10.2 Å². The molecule has 0 unspecified atom stereocenters.